The van der Waals surface area contributed by atoms with Gasteiger partial charge in [-0.3, -0.25) is 0 Å². The lowest BCUT2D eigenvalue weighted by Crippen LogP contribution is -2.38. The number of nitrogens with one attached hydrogen (secondary N) is 1. The molecule has 1 atom stereocenters. The van der Waals surface area contributed by atoms with Crippen LogP contribution in [-0.4, -0.2) is 49.5 Å². The van der Waals surface area contributed by atoms with Crippen molar-refractivity contribution in [1.82, 2.24) is 4.90 Å². The third-order valence-electron chi connectivity index (χ3n) is 2.31. The number of para-hydroxylation sites is 1. The fourth-order valence-corrected chi connectivity index (χ4v) is 1.60. The molecule has 1 aromatic carbocycles. The van der Waals surface area contributed by atoms with E-state index in [1.54, 1.807) is 31.3 Å². The van der Waals surface area contributed by atoms with Gasteiger partial charge < -0.3 is 20.1 Å². The Balaban J connectivity index is 2.52. The van der Waals surface area contributed by atoms with Crippen LogP contribution in [0.4, 0.5) is 10.5 Å². The monoisotopic (exact) mass is 272 g/mol. The van der Waals surface area contributed by atoms with Crippen LogP contribution in [-0.2, 0) is 4.74 Å². The minimum absolute atomic E-state index is 0.184. The number of likely N-dealkylation sites (N-methyl/N-ethyl adjacent to an activating group) is 1. The Hall–Kier alpha value is -1.30. The van der Waals surface area contributed by atoms with Crippen molar-refractivity contribution < 1.29 is 14.6 Å². The van der Waals surface area contributed by atoms with E-state index in [2.05, 4.69) is 5.32 Å². The van der Waals surface area contributed by atoms with Crippen molar-refractivity contribution in [3.8, 4) is 0 Å². The second kappa shape index (κ2) is 7.20. The summed E-state index contributed by atoms with van der Waals surface area (Å²) in [7, 11) is 3.08. The third kappa shape index (κ3) is 4.52. The standard InChI is InChI=1S/C12H17ClN2O3/c1-15(7-9(16)8-18-2)12(17)14-11-6-4-3-5-10(11)13/h3-6,9,16H,7-8H2,1-2H3,(H,14,17). The first-order valence-corrected chi connectivity index (χ1v) is 5.86. The van der Waals surface area contributed by atoms with Crippen LogP contribution in [0.5, 0.6) is 0 Å². The highest BCUT2D eigenvalue weighted by Crippen LogP contribution is 2.20. The first-order valence-electron chi connectivity index (χ1n) is 5.48. The van der Waals surface area contributed by atoms with E-state index in [-0.39, 0.29) is 19.2 Å². The van der Waals surface area contributed by atoms with Crippen LogP contribution in [0.1, 0.15) is 0 Å². The Morgan fingerprint density at radius 3 is 2.83 bits per heavy atom. The molecule has 1 aromatic rings. The van der Waals surface area contributed by atoms with Gasteiger partial charge in [-0.2, -0.15) is 0 Å². The van der Waals surface area contributed by atoms with Crippen LogP contribution in [0.25, 0.3) is 0 Å². The van der Waals surface area contributed by atoms with Crippen molar-refractivity contribution in [2.24, 2.45) is 0 Å². The number of ether oxygens (including phenoxy) is 1. The van der Waals surface area contributed by atoms with Crippen molar-refractivity contribution in [2.75, 3.05) is 32.6 Å². The lowest BCUT2D eigenvalue weighted by molar-refractivity contribution is 0.0501. The number of hydrogen-bond donors (Lipinski definition) is 2. The van der Waals surface area contributed by atoms with E-state index in [0.717, 1.165) is 0 Å². The Labute approximate surface area is 111 Å². The highest BCUT2D eigenvalue weighted by atomic mass is 35.5. The average molecular weight is 273 g/mol. The number of methoxy groups -OCH3 is 1. The molecule has 18 heavy (non-hydrogen) atoms. The van der Waals surface area contributed by atoms with Gasteiger partial charge in [0.2, 0.25) is 0 Å². The number of hydrogen-bond acceptors (Lipinski definition) is 3. The summed E-state index contributed by atoms with van der Waals surface area (Å²) >= 11 is 5.93. The fourth-order valence-electron chi connectivity index (χ4n) is 1.42. The Kier molecular flexibility index (Phi) is 5.91. The smallest absolute Gasteiger partial charge is 0.321 e. The normalized spacial score (nSPS) is 12.0. The predicted molar refractivity (Wildman–Crippen MR) is 71.0 cm³/mol. The van der Waals surface area contributed by atoms with E-state index in [9.17, 15) is 9.90 Å². The summed E-state index contributed by atoms with van der Waals surface area (Å²) in [5.74, 6) is 0. The zero-order valence-corrected chi connectivity index (χ0v) is 11.1. The fraction of sp³-hybridized carbons (Fsp3) is 0.417. The quantitative estimate of drug-likeness (QED) is 0.859. The molecule has 0 saturated heterocycles. The molecule has 2 amide bonds. The lowest BCUT2D eigenvalue weighted by Gasteiger charge is -2.21. The molecule has 0 aromatic heterocycles. The molecule has 0 aliphatic carbocycles. The summed E-state index contributed by atoms with van der Waals surface area (Å²) in [6.45, 7) is 0.369. The maximum Gasteiger partial charge on any atom is 0.321 e. The van der Waals surface area contributed by atoms with Crippen molar-refractivity contribution in [3.63, 3.8) is 0 Å². The van der Waals surface area contributed by atoms with Crippen LogP contribution in [0, 0.1) is 0 Å². The highest BCUT2D eigenvalue weighted by Gasteiger charge is 2.14. The van der Waals surface area contributed by atoms with Crippen molar-refractivity contribution >= 4 is 23.3 Å². The van der Waals surface area contributed by atoms with Gasteiger partial charge in [-0.05, 0) is 12.1 Å². The molecule has 0 fully saturated rings. The summed E-state index contributed by atoms with van der Waals surface area (Å²) in [6.07, 6.45) is -0.711. The number of amides is 2. The minimum Gasteiger partial charge on any atom is -0.389 e. The van der Waals surface area contributed by atoms with E-state index in [4.69, 9.17) is 16.3 Å². The van der Waals surface area contributed by atoms with Crippen LogP contribution in [0.3, 0.4) is 0 Å². The van der Waals surface area contributed by atoms with Gasteiger partial charge in [-0.25, -0.2) is 4.79 Å². The number of rotatable bonds is 5. The van der Waals surface area contributed by atoms with Gasteiger partial charge in [0.1, 0.15) is 0 Å². The van der Waals surface area contributed by atoms with Crippen LogP contribution < -0.4 is 5.32 Å². The summed E-state index contributed by atoms with van der Waals surface area (Å²) in [4.78, 5) is 13.2. The molecule has 0 bridgehead atoms. The maximum atomic E-state index is 11.8. The number of halogens is 1. The Morgan fingerprint density at radius 2 is 2.22 bits per heavy atom. The molecule has 0 radical (unpaired) electrons. The first-order chi connectivity index (χ1) is 8.54. The lowest BCUT2D eigenvalue weighted by atomic mass is 10.3. The van der Waals surface area contributed by atoms with Gasteiger partial charge in [-0.1, -0.05) is 23.7 Å². The topological polar surface area (TPSA) is 61.8 Å². The van der Waals surface area contributed by atoms with Gasteiger partial charge in [0.05, 0.1) is 30.0 Å². The third-order valence-corrected chi connectivity index (χ3v) is 2.64. The van der Waals surface area contributed by atoms with Gasteiger partial charge in [0.25, 0.3) is 0 Å². The number of carbonyl (C=O) groups excluding carboxylic acids is 1. The van der Waals surface area contributed by atoms with Crippen molar-refractivity contribution in [1.29, 1.82) is 0 Å². The number of carbonyl (C=O) groups is 1. The number of aliphatic hydroxyl groups is 1. The van der Waals surface area contributed by atoms with Crippen LogP contribution >= 0.6 is 11.6 Å². The number of benzene rings is 1. The molecule has 0 saturated carbocycles. The van der Waals surface area contributed by atoms with E-state index < -0.39 is 6.10 Å². The summed E-state index contributed by atoms with van der Waals surface area (Å²) in [5, 5.41) is 12.6. The van der Waals surface area contributed by atoms with Gasteiger partial charge in [0.15, 0.2) is 0 Å². The Bertz CT molecular complexity index is 401. The molecular formula is C12H17ClN2O3. The first kappa shape index (κ1) is 14.8. The number of nitrogens with zero attached hydrogens (tertiary/aromatic N) is 1. The molecule has 0 aliphatic heterocycles. The van der Waals surface area contributed by atoms with E-state index in [0.29, 0.717) is 10.7 Å². The number of anilines is 1. The molecule has 2 N–H and O–H groups in total. The Morgan fingerprint density at radius 1 is 1.56 bits per heavy atom. The second-order valence-electron chi connectivity index (χ2n) is 3.90. The molecule has 0 heterocycles. The molecule has 100 valence electrons. The van der Waals surface area contributed by atoms with Crippen molar-refractivity contribution in [3.05, 3.63) is 29.3 Å². The summed E-state index contributed by atoms with van der Waals surface area (Å²) in [6, 6.07) is 6.63. The molecular weight excluding hydrogens is 256 g/mol. The zero-order valence-electron chi connectivity index (χ0n) is 10.4. The van der Waals surface area contributed by atoms with Crippen LogP contribution in [0.15, 0.2) is 24.3 Å². The van der Waals surface area contributed by atoms with Crippen molar-refractivity contribution in [2.45, 2.75) is 6.10 Å². The van der Waals surface area contributed by atoms with E-state index in [1.807, 2.05) is 0 Å². The molecule has 6 heteroatoms. The minimum atomic E-state index is -0.711. The summed E-state index contributed by atoms with van der Waals surface area (Å²) in [5.41, 5.74) is 0.539. The van der Waals surface area contributed by atoms with E-state index >= 15 is 0 Å². The predicted octanol–water partition coefficient (Wildman–Crippen LogP) is 1.81. The van der Waals surface area contributed by atoms with Gasteiger partial charge in [0, 0.05) is 14.2 Å². The largest absolute Gasteiger partial charge is 0.389 e. The number of aliphatic hydroxyl groups excluding tert-OH is 1. The molecule has 0 spiro atoms. The molecule has 1 unspecified atom stereocenters. The highest BCUT2D eigenvalue weighted by molar-refractivity contribution is 6.33. The number of urea groups is 1. The molecule has 1 rings (SSSR count). The molecule has 0 aliphatic rings. The summed E-state index contributed by atoms with van der Waals surface area (Å²) < 4.78 is 4.79. The zero-order chi connectivity index (χ0) is 13.5. The van der Waals surface area contributed by atoms with Gasteiger partial charge in [-0.15, -0.1) is 0 Å². The SMILES string of the molecule is COCC(O)CN(C)C(=O)Nc1ccccc1Cl. The van der Waals surface area contributed by atoms with E-state index in [1.165, 1.54) is 12.0 Å². The van der Waals surface area contributed by atoms with Gasteiger partial charge >= 0.3 is 6.03 Å². The second-order valence-corrected chi connectivity index (χ2v) is 4.31. The molecule has 5 nitrogen and oxygen atoms in total. The van der Waals surface area contributed by atoms with Crippen LogP contribution in [0.2, 0.25) is 5.02 Å². The maximum absolute atomic E-state index is 11.8. The average Bonchev–Trinajstić information content (AvgIpc) is 2.32.